The van der Waals surface area contributed by atoms with Crippen LogP contribution < -0.4 is 11.1 Å². The highest BCUT2D eigenvalue weighted by Gasteiger charge is 2.29. The molecule has 6 heteroatoms. The molecule has 1 atom stereocenters. The minimum absolute atomic E-state index is 0.183. The van der Waals surface area contributed by atoms with Gasteiger partial charge in [0.1, 0.15) is 0 Å². The van der Waals surface area contributed by atoms with Crippen LogP contribution in [0.2, 0.25) is 0 Å². The zero-order chi connectivity index (χ0) is 18.5. The molecule has 0 spiro atoms. The van der Waals surface area contributed by atoms with Gasteiger partial charge in [0.25, 0.3) is 0 Å². The van der Waals surface area contributed by atoms with E-state index in [1.165, 1.54) is 49.1 Å². The normalized spacial score (nSPS) is 20.4. The van der Waals surface area contributed by atoms with Crippen LogP contribution in [0.15, 0.2) is 35.3 Å². The first kappa shape index (κ1) is 16.4. The van der Waals surface area contributed by atoms with E-state index in [4.69, 9.17) is 15.7 Å². The smallest absolute Gasteiger partial charge is 0.212 e. The summed E-state index contributed by atoms with van der Waals surface area (Å²) in [6, 6.07) is 11.1. The molecule has 1 saturated carbocycles. The van der Waals surface area contributed by atoms with E-state index in [0.717, 1.165) is 17.0 Å². The Morgan fingerprint density at radius 2 is 1.85 bits per heavy atom. The maximum Gasteiger partial charge on any atom is 0.212 e. The molecule has 2 aliphatic rings. The molecule has 0 unspecified atom stereocenters. The summed E-state index contributed by atoms with van der Waals surface area (Å²) in [5.74, 6) is 1.18. The van der Waals surface area contributed by atoms with Gasteiger partial charge in [-0.25, -0.2) is 9.98 Å². The molecular formula is C21H26N6. The van der Waals surface area contributed by atoms with Crippen LogP contribution in [-0.4, -0.2) is 20.1 Å². The van der Waals surface area contributed by atoms with Gasteiger partial charge < -0.3 is 10.3 Å². The van der Waals surface area contributed by atoms with Crippen molar-refractivity contribution in [2.75, 3.05) is 5.32 Å². The van der Waals surface area contributed by atoms with Crippen LogP contribution >= 0.6 is 0 Å². The number of benzene rings is 1. The fourth-order valence-corrected chi connectivity index (χ4v) is 4.89. The minimum atomic E-state index is -0.183. The predicted octanol–water partition coefficient (Wildman–Crippen LogP) is 4.25. The van der Waals surface area contributed by atoms with Crippen molar-refractivity contribution >= 4 is 22.9 Å². The molecule has 3 N–H and O–H groups in total. The van der Waals surface area contributed by atoms with Crippen molar-refractivity contribution in [3.8, 4) is 0 Å². The first-order valence-corrected chi connectivity index (χ1v) is 9.89. The van der Waals surface area contributed by atoms with Crippen molar-refractivity contribution in [3.63, 3.8) is 0 Å². The van der Waals surface area contributed by atoms with E-state index in [2.05, 4.69) is 40.4 Å². The highest BCUT2D eigenvalue weighted by molar-refractivity contribution is 5.94. The largest absolute Gasteiger partial charge is 0.370 e. The van der Waals surface area contributed by atoms with E-state index in [1.54, 1.807) is 0 Å². The van der Waals surface area contributed by atoms with Crippen molar-refractivity contribution in [1.29, 1.82) is 0 Å². The van der Waals surface area contributed by atoms with Crippen molar-refractivity contribution in [1.82, 2.24) is 14.1 Å². The van der Waals surface area contributed by atoms with Gasteiger partial charge in [-0.3, -0.25) is 9.88 Å². The number of para-hydroxylation sites is 2. The SMILES string of the molecule is Cc1cc([C@H]2N=C(N)Nc3nc4ccccc4n32)c(C)n1C1CCCCC1. The van der Waals surface area contributed by atoms with Crippen LogP contribution in [0.3, 0.4) is 0 Å². The van der Waals surface area contributed by atoms with Crippen molar-refractivity contribution < 1.29 is 0 Å². The Balaban J connectivity index is 1.66. The van der Waals surface area contributed by atoms with E-state index >= 15 is 0 Å². The Morgan fingerprint density at radius 1 is 1.07 bits per heavy atom. The number of aliphatic imine (C=N–C) groups is 1. The molecule has 3 aromatic rings. The monoisotopic (exact) mass is 362 g/mol. The fourth-order valence-electron chi connectivity index (χ4n) is 4.89. The Hall–Kier alpha value is -2.76. The van der Waals surface area contributed by atoms with Crippen molar-refractivity contribution in [2.24, 2.45) is 10.7 Å². The standard InChI is InChI=1S/C21H26N6/c1-13-12-16(14(2)26(13)15-8-4-3-5-9-15)19-24-20(22)25-21-23-17-10-6-7-11-18(17)27(19)21/h6-7,10-12,15,19H,3-5,8-9H2,1-2H3,(H3,22,23,24,25)/t19-/m0/s1. The molecule has 1 fully saturated rings. The summed E-state index contributed by atoms with van der Waals surface area (Å²) in [5, 5.41) is 3.13. The average molecular weight is 362 g/mol. The number of aromatic nitrogens is 3. The number of imidazole rings is 1. The molecule has 0 saturated heterocycles. The third-order valence-electron chi connectivity index (χ3n) is 6.08. The Kier molecular flexibility index (Phi) is 3.74. The molecule has 3 heterocycles. The van der Waals surface area contributed by atoms with E-state index < -0.39 is 0 Å². The molecule has 140 valence electrons. The maximum atomic E-state index is 6.12. The zero-order valence-corrected chi connectivity index (χ0v) is 15.9. The molecule has 1 aromatic carbocycles. The third kappa shape index (κ3) is 2.54. The van der Waals surface area contributed by atoms with Crippen molar-refractivity contribution in [2.45, 2.75) is 58.2 Å². The van der Waals surface area contributed by atoms with Gasteiger partial charge in [-0.2, -0.15) is 0 Å². The maximum absolute atomic E-state index is 6.12. The number of rotatable bonds is 2. The summed E-state index contributed by atoms with van der Waals surface area (Å²) in [7, 11) is 0. The van der Waals surface area contributed by atoms with Gasteiger partial charge in [0.2, 0.25) is 5.95 Å². The summed E-state index contributed by atoms with van der Waals surface area (Å²) in [6.45, 7) is 4.44. The lowest BCUT2D eigenvalue weighted by Gasteiger charge is -2.27. The molecule has 5 rings (SSSR count). The average Bonchev–Trinajstić information content (AvgIpc) is 3.18. The summed E-state index contributed by atoms with van der Waals surface area (Å²) < 4.78 is 4.69. The lowest BCUT2D eigenvalue weighted by atomic mass is 9.95. The number of hydrogen-bond acceptors (Lipinski definition) is 4. The van der Waals surface area contributed by atoms with Crippen LogP contribution in [0.1, 0.15) is 61.3 Å². The topological polar surface area (TPSA) is 73.2 Å². The van der Waals surface area contributed by atoms with E-state index in [0.29, 0.717) is 12.0 Å². The number of nitrogens with two attached hydrogens (primary N) is 1. The van der Waals surface area contributed by atoms with E-state index in [9.17, 15) is 0 Å². The Labute approximate surface area is 159 Å². The number of nitrogens with zero attached hydrogens (tertiary/aromatic N) is 4. The number of fused-ring (bicyclic) bond motifs is 3. The number of aryl methyl sites for hydroxylation is 1. The number of anilines is 1. The van der Waals surface area contributed by atoms with Crippen LogP contribution in [0.25, 0.3) is 11.0 Å². The van der Waals surface area contributed by atoms with Gasteiger partial charge in [0.15, 0.2) is 12.1 Å². The second-order valence-corrected chi connectivity index (χ2v) is 7.80. The van der Waals surface area contributed by atoms with Gasteiger partial charge >= 0.3 is 0 Å². The number of nitrogens with one attached hydrogen (secondary N) is 1. The summed E-state index contributed by atoms with van der Waals surface area (Å²) in [4.78, 5) is 9.48. The number of hydrogen-bond donors (Lipinski definition) is 2. The molecule has 0 amide bonds. The highest BCUT2D eigenvalue weighted by Crippen LogP contribution is 2.38. The molecule has 0 bridgehead atoms. The van der Waals surface area contributed by atoms with Crippen molar-refractivity contribution in [3.05, 3.63) is 47.3 Å². The summed E-state index contributed by atoms with van der Waals surface area (Å²) in [5.41, 5.74) is 12.0. The first-order chi connectivity index (χ1) is 13.1. The minimum Gasteiger partial charge on any atom is -0.370 e. The molecule has 1 aliphatic heterocycles. The Morgan fingerprint density at radius 3 is 2.67 bits per heavy atom. The van der Waals surface area contributed by atoms with Crippen LogP contribution in [0.4, 0.5) is 5.95 Å². The lowest BCUT2D eigenvalue weighted by Crippen LogP contribution is -2.31. The molecular weight excluding hydrogens is 336 g/mol. The fraction of sp³-hybridized carbons (Fsp3) is 0.429. The van der Waals surface area contributed by atoms with E-state index in [1.807, 2.05) is 18.2 Å². The quantitative estimate of drug-likeness (QED) is 0.716. The van der Waals surface area contributed by atoms with Crippen LogP contribution in [0.5, 0.6) is 0 Å². The van der Waals surface area contributed by atoms with Gasteiger partial charge in [-0.05, 0) is 44.9 Å². The summed E-state index contributed by atoms with van der Waals surface area (Å²) >= 11 is 0. The molecule has 6 nitrogen and oxygen atoms in total. The van der Waals surface area contributed by atoms with Gasteiger partial charge in [0.05, 0.1) is 11.0 Å². The predicted molar refractivity (Wildman–Crippen MR) is 109 cm³/mol. The first-order valence-electron chi connectivity index (χ1n) is 9.89. The van der Waals surface area contributed by atoms with Gasteiger partial charge in [-0.1, -0.05) is 31.4 Å². The molecule has 27 heavy (non-hydrogen) atoms. The number of guanidine groups is 1. The second-order valence-electron chi connectivity index (χ2n) is 7.80. The van der Waals surface area contributed by atoms with Crippen LogP contribution in [0, 0.1) is 13.8 Å². The Bertz CT molecular complexity index is 1030. The highest BCUT2D eigenvalue weighted by atomic mass is 15.4. The van der Waals surface area contributed by atoms with E-state index in [-0.39, 0.29) is 6.17 Å². The zero-order valence-electron chi connectivity index (χ0n) is 15.9. The second kappa shape index (κ2) is 6.15. The van der Waals surface area contributed by atoms with Gasteiger partial charge in [-0.15, -0.1) is 0 Å². The third-order valence-corrected chi connectivity index (χ3v) is 6.08. The summed E-state index contributed by atoms with van der Waals surface area (Å²) in [6.07, 6.45) is 6.37. The molecule has 2 aromatic heterocycles. The van der Waals surface area contributed by atoms with Gasteiger partial charge in [0, 0.05) is 23.0 Å². The molecule has 1 aliphatic carbocycles. The molecule has 0 radical (unpaired) electrons. The van der Waals surface area contributed by atoms with Crippen LogP contribution in [-0.2, 0) is 0 Å². The lowest BCUT2D eigenvalue weighted by molar-refractivity contribution is 0.345.